The number of hydrogen-bond donors (Lipinski definition) is 2. The van der Waals surface area contributed by atoms with Crippen LogP contribution in [0, 0.1) is 0 Å². The molecule has 1 amide bonds. The number of amides is 1. The summed E-state index contributed by atoms with van der Waals surface area (Å²) in [6.07, 6.45) is 3.47. The van der Waals surface area contributed by atoms with Gasteiger partial charge >= 0.3 is 0 Å². The summed E-state index contributed by atoms with van der Waals surface area (Å²) < 4.78 is 6.03. The van der Waals surface area contributed by atoms with Gasteiger partial charge in [0.25, 0.3) is 5.91 Å². The number of piperazine rings is 1. The van der Waals surface area contributed by atoms with Gasteiger partial charge in [-0.15, -0.1) is 0 Å². The molecule has 5 rings (SSSR count). The minimum Gasteiger partial charge on any atom is -0.380 e. The van der Waals surface area contributed by atoms with E-state index in [0.29, 0.717) is 18.2 Å². The van der Waals surface area contributed by atoms with Crippen molar-refractivity contribution in [2.45, 2.75) is 11.0 Å². The second-order valence-corrected chi connectivity index (χ2v) is 9.65. The molecule has 0 spiro atoms. The third kappa shape index (κ3) is 5.35. The summed E-state index contributed by atoms with van der Waals surface area (Å²) in [6.45, 7) is 3.79. The molecule has 0 aliphatic carbocycles. The molecule has 1 fully saturated rings. The third-order valence-corrected chi connectivity index (χ3v) is 7.11. The number of halogens is 1. The lowest BCUT2D eigenvalue weighted by molar-refractivity contribution is 0.0659. The van der Waals surface area contributed by atoms with Crippen molar-refractivity contribution in [2.75, 3.05) is 45.7 Å². The van der Waals surface area contributed by atoms with Crippen LogP contribution in [-0.4, -0.2) is 76.0 Å². The molecule has 4 aromatic rings. The molecule has 36 heavy (non-hydrogen) atoms. The molecule has 3 aromatic heterocycles. The van der Waals surface area contributed by atoms with Gasteiger partial charge in [0.05, 0.1) is 23.5 Å². The number of carbonyl (C=O) groups excluding carboxylic acids is 1. The highest BCUT2D eigenvalue weighted by atomic mass is 127. The quantitative estimate of drug-likeness (QED) is 0.243. The van der Waals surface area contributed by atoms with Gasteiger partial charge in [-0.25, -0.2) is 9.97 Å². The van der Waals surface area contributed by atoms with Gasteiger partial charge in [-0.3, -0.25) is 9.78 Å². The second kappa shape index (κ2) is 10.9. The molecule has 0 atom stereocenters. The van der Waals surface area contributed by atoms with Gasteiger partial charge in [0, 0.05) is 61.2 Å². The molecular formula is C26H28IN7O2. The normalized spacial score (nSPS) is 14.4. The fraction of sp³-hybridized carbons (Fsp3) is 0.308. The number of likely N-dealkylation sites (N-methyl/N-ethyl adjacent to an activating group) is 1. The number of aromatic nitrogens is 4. The number of nitrogens with zero attached hydrogens (tertiary/aromatic N) is 5. The maximum absolute atomic E-state index is 13.1. The average molecular weight is 597 g/mol. The van der Waals surface area contributed by atoms with Crippen LogP contribution >= 0.6 is 22.6 Å². The standard InChI is InChI=1S/C26H28IN7O2/c1-33-7-9-34(10-8-33)25(35)23-14-18-12-20(13-19(15-27)24(18)31-23)30-26-29-6-4-21(32-26)22-11-17(16-36-2)3-5-28-22/h3-6,11-14,31H,7-10,15-16H2,1-2H3,(H,29,30,32). The smallest absolute Gasteiger partial charge is 0.270 e. The molecule has 186 valence electrons. The zero-order valence-corrected chi connectivity index (χ0v) is 22.4. The zero-order chi connectivity index (χ0) is 25.1. The van der Waals surface area contributed by atoms with Gasteiger partial charge in [-0.05, 0) is 54.6 Å². The Morgan fingerprint density at radius 3 is 2.67 bits per heavy atom. The van der Waals surface area contributed by atoms with E-state index in [2.05, 4.69) is 65.9 Å². The number of H-pyrrole nitrogens is 1. The minimum absolute atomic E-state index is 0.0486. The number of pyridine rings is 1. The molecule has 2 N–H and O–H groups in total. The van der Waals surface area contributed by atoms with Crippen LogP contribution in [0.5, 0.6) is 0 Å². The maximum Gasteiger partial charge on any atom is 0.270 e. The summed E-state index contributed by atoms with van der Waals surface area (Å²) in [7, 11) is 3.75. The van der Waals surface area contributed by atoms with Crippen LogP contribution in [-0.2, 0) is 15.8 Å². The third-order valence-electron chi connectivity index (χ3n) is 6.28. The molecule has 1 saturated heterocycles. The molecule has 10 heteroatoms. The molecule has 0 saturated carbocycles. The van der Waals surface area contributed by atoms with E-state index in [1.165, 1.54) is 0 Å². The van der Waals surface area contributed by atoms with Crippen LogP contribution in [0.25, 0.3) is 22.3 Å². The van der Waals surface area contributed by atoms with Crippen molar-refractivity contribution in [1.29, 1.82) is 0 Å². The Labute approximate surface area is 223 Å². The Balaban J connectivity index is 1.40. The van der Waals surface area contributed by atoms with Crippen molar-refractivity contribution in [1.82, 2.24) is 29.7 Å². The Hall–Kier alpha value is -3.09. The van der Waals surface area contributed by atoms with E-state index in [1.807, 2.05) is 35.2 Å². The van der Waals surface area contributed by atoms with E-state index in [4.69, 9.17) is 4.74 Å². The van der Waals surface area contributed by atoms with Crippen LogP contribution in [0.1, 0.15) is 21.6 Å². The molecule has 1 aliphatic heterocycles. The minimum atomic E-state index is 0.0486. The summed E-state index contributed by atoms with van der Waals surface area (Å²) in [5.41, 5.74) is 6.10. The van der Waals surface area contributed by atoms with Gasteiger partial charge in [0.2, 0.25) is 5.95 Å². The highest BCUT2D eigenvalue weighted by molar-refractivity contribution is 14.1. The van der Waals surface area contributed by atoms with E-state index in [1.54, 1.807) is 19.5 Å². The van der Waals surface area contributed by atoms with Gasteiger partial charge in [0.15, 0.2) is 0 Å². The van der Waals surface area contributed by atoms with E-state index >= 15 is 0 Å². The van der Waals surface area contributed by atoms with Crippen molar-refractivity contribution in [3.63, 3.8) is 0 Å². The van der Waals surface area contributed by atoms with Gasteiger partial charge < -0.3 is 24.8 Å². The predicted molar refractivity (Wildman–Crippen MR) is 149 cm³/mol. The molecule has 1 aromatic carbocycles. The zero-order valence-electron chi connectivity index (χ0n) is 20.3. The summed E-state index contributed by atoms with van der Waals surface area (Å²) >= 11 is 2.35. The van der Waals surface area contributed by atoms with E-state index < -0.39 is 0 Å². The SMILES string of the molecule is COCc1ccnc(-c2ccnc(Nc3cc(CI)c4[nH]c(C(=O)N5CCN(C)CC5)cc4c3)n2)c1. The van der Waals surface area contributed by atoms with Crippen LogP contribution in [0.4, 0.5) is 11.6 Å². The van der Waals surface area contributed by atoms with Crippen molar-refractivity contribution in [3.05, 3.63) is 65.6 Å². The number of aromatic amines is 1. The molecule has 0 radical (unpaired) electrons. The van der Waals surface area contributed by atoms with Crippen molar-refractivity contribution >= 4 is 51.0 Å². The highest BCUT2D eigenvalue weighted by Gasteiger charge is 2.22. The summed E-state index contributed by atoms with van der Waals surface area (Å²) in [5, 5.41) is 4.32. The number of ether oxygens (including phenoxy) is 1. The fourth-order valence-electron chi connectivity index (χ4n) is 4.35. The number of anilines is 2. The largest absolute Gasteiger partial charge is 0.380 e. The lowest BCUT2D eigenvalue weighted by Crippen LogP contribution is -2.47. The molecule has 0 unspecified atom stereocenters. The monoisotopic (exact) mass is 597 g/mol. The highest BCUT2D eigenvalue weighted by Crippen LogP contribution is 2.29. The number of nitrogens with one attached hydrogen (secondary N) is 2. The average Bonchev–Trinajstić information content (AvgIpc) is 3.33. The predicted octanol–water partition coefficient (Wildman–Crippen LogP) is 4.23. The van der Waals surface area contributed by atoms with Crippen LogP contribution < -0.4 is 5.32 Å². The first kappa shape index (κ1) is 24.6. The van der Waals surface area contributed by atoms with Gasteiger partial charge in [-0.1, -0.05) is 22.6 Å². The lowest BCUT2D eigenvalue weighted by Gasteiger charge is -2.32. The number of rotatable bonds is 7. The summed E-state index contributed by atoms with van der Waals surface area (Å²) in [5.74, 6) is 0.530. The molecular weight excluding hydrogens is 569 g/mol. The second-order valence-electron chi connectivity index (χ2n) is 8.88. The molecule has 0 bridgehead atoms. The first-order valence-electron chi connectivity index (χ1n) is 11.8. The lowest BCUT2D eigenvalue weighted by atomic mass is 10.1. The first-order chi connectivity index (χ1) is 17.5. The van der Waals surface area contributed by atoms with Crippen molar-refractivity contribution in [2.24, 2.45) is 0 Å². The van der Waals surface area contributed by atoms with E-state index in [0.717, 1.165) is 69.7 Å². The Kier molecular flexibility index (Phi) is 7.44. The number of benzene rings is 1. The number of methoxy groups -OCH3 is 1. The topological polar surface area (TPSA) is 99.3 Å². The number of alkyl halides is 1. The van der Waals surface area contributed by atoms with Gasteiger partial charge in [-0.2, -0.15) is 0 Å². The van der Waals surface area contributed by atoms with Crippen LogP contribution in [0.3, 0.4) is 0 Å². The Morgan fingerprint density at radius 2 is 1.89 bits per heavy atom. The summed E-state index contributed by atoms with van der Waals surface area (Å²) in [6, 6.07) is 11.8. The first-order valence-corrected chi connectivity index (χ1v) is 13.3. The molecule has 9 nitrogen and oxygen atoms in total. The van der Waals surface area contributed by atoms with Crippen molar-refractivity contribution in [3.8, 4) is 11.4 Å². The van der Waals surface area contributed by atoms with Gasteiger partial charge in [0.1, 0.15) is 5.69 Å². The number of carbonyl (C=O) groups is 1. The number of hydrogen-bond acceptors (Lipinski definition) is 7. The number of fused-ring (bicyclic) bond motifs is 1. The Bertz CT molecular complexity index is 1380. The fourth-order valence-corrected chi connectivity index (χ4v) is 4.95. The Morgan fingerprint density at radius 1 is 1.08 bits per heavy atom. The van der Waals surface area contributed by atoms with Crippen LogP contribution in [0.15, 0.2) is 48.8 Å². The van der Waals surface area contributed by atoms with Crippen LogP contribution in [0.2, 0.25) is 0 Å². The molecule has 1 aliphatic rings. The molecule has 4 heterocycles. The van der Waals surface area contributed by atoms with E-state index in [-0.39, 0.29) is 5.91 Å². The summed E-state index contributed by atoms with van der Waals surface area (Å²) in [4.78, 5) is 34.2. The van der Waals surface area contributed by atoms with Crippen molar-refractivity contribution < 1.29 is 9.53 Å². The maximum atomic E-state index is 13.1. The van der Waals surface area contributed by atoms with E-state index in [9.17, 15) is 4.79 Å².